The van der Waals surface area contributed by atoms with Crippen LogP contribution in [0, 0.1) is 11.8 Å². The van der Waals surface area contributed by atoms with E-state index in [-0.39, 0.29) is 5.91 Å². The summed E-state index contributed by atoms with van der Waals surface area (Å²) in [5.74, 6) is 1.51. The van der Waals surface area contributed by atoms with E-state index >= 15 is 0 Å². The third-order valence-corrected chi connectivity index (χ3v) is 3.08. The van der Waals surface area contributed by atoms with Gasteiger partial charge in [0, 0.05) is 13.0 Å². The lowest BCUT2D eigenvalue weighted by molar-refractivity contribution is -0.121. The number of amides is 1. The van der Waals surface area contributed by atoms with Gasteiger partial charge in [-0.1, -0.05) is 47.0 Å². The number of hydrogen-bond acceptors (Lipinski definition) is 1. The maximum Gasteiger partial charge on any atom is 0.220 e. The molecule has 0 fully saturated rings. The number of rotatable bonds is 9. The predicted octanol–water partition coefficient (Wildman–Crippen LogP) is 3.76. The molecule has 0 heterocycles. The van der Waals surface area contributed by atoms with Crippen LogP contribution in [0.3, 0.4) is 0 Å². The molecule has 96 valence electrons. The Hall–Kier alpha value is -0.530. The molecule has 0 rings (SSSR count). The number of carbonyl (C=O) groups is 1. The molecule has 1 N–H and O–H groups in total. The second-order valence-corrected chi connectivity index (χ2v) is 5.15. The molecule has 16 heavy (non-hydrogen) atoms. The highest BCUT2D eigenvalue weighted by molar-refractivity contribution is 5.75. The van der Waals surface area contributed by atoms with Crippen molar-refractivity contribution in [1.29, 1.82) is 0 Å². The van der Waals surface area contributed by atoms with E-state index in [4.69, 9.17) is 0 Å². The Bertz CT molecular complexity index is 178. The molecular weight excluding hydrogens is 198 g/mol. The minimum absolute atomic E-state index is 0.226. The lowest BCUT2D eigenvalue weighted by atomic mass is 9.99. The van der Waals surface area contributed by atoms with Gasteiger partial charge in [0.2, 0.25) is 5.91 Å². The molecule has 2 heteroatoms. The third-order valence-electron chi connectivity index (χ3n) is 3.08. The molecular formula is C14H29NO. The van der Waals surface area contributed by atoms with Gasteiger partial charge < -0.3 is 5.32 Å². The van der Waals surface area contributed by atoms with E-state index in [9.17, 15) is 4.79 Å². The van der Waals surface area contributed by atoms with Gasteiger partial charge in [0.1, 0.15) is 0 Å². The van der Waals surface area contributed by atoms with Crippen LogP contribution >= 0.6 is 0 Å². The molecule has 0 spiro atoms. The molecule has 0 bridgehead atoms. The summed E-state index contributed by atoms with van der Waals surface area (Å²) in [6.07, 6.45) is 6.62. The smallest absolute Gasteiger partial charge is 0.220 e. The Labute approximate surface area is 101 Å². The maximum absolute atomic E-state index is 11.5. The molecule has 0 aliphatic carbocycles. The number of hydrogen-bond donors (Lipinski definition) is 1. The summed E-state index contributed by atoms with van der Waals surface area (Å²) in [6.45, 7) is 9.61. The van der Waals surface area contributed by atoms with Crippen molar-refractivity contribution in [3.63, 3.8) is 0 Å². The van der Waals surface area contributed by atoms with Crippen molar-refractivity contribution in [2.24, 2.45) is 11.8 Å². The summed E-state index contributed by atoms with van der Waals surface area (Å²) < 4.78 is 0. The van der Waals surface area contributed by atoms with Crippen LogP contribution in [0.1, 0.15) is 66.2 Å². The minimum Gasteiger partial charge on any atom is -0.356 e. The van der Waals surface area contributed by atoms with Gasteiger partial charge in [-0.05, 0) is 24.7 Å². The molecule has 0 saturated heterocycles. The molecule has 0 aromatic rings. The van der Waals surface area contributed by atoms with Gasteiger partial charge in [-0.2, -0.15) is 0 Å². The van der Waals surface area contributed by atoms with Crippen LogP contribution in [0.4, 0.5) is 0 Å². The van der Waals surface area contributed by atoms with Crippen molar-refractivity contribution in [3.05, 3.63) is 0 Å². The van der Waals surface area contributed by atoms with Crippen molar-refractivity contribution in [3.8, 4) is 0 Å². The fraction of sp³-hybridized carbons (Fsp3) is 0.929. The topological polar surface area (TPSA) is 29.1 Å². The highest BCUT2D eigenvalue weighted by Crippen LogP contribution is 2.11. The van der Waals surface area contributed by atoms with Crippen LogP contribution < -0.4 is 5.32 Å². The maximum atomic E-state index is 11.5. The van der Waals surface area contributed by atoms with E-state index in [2.05, 4.69) is 33.0 Å². The fourth-order valence-corrected chi connectivity index (χ4v) is 1.71. The van der Waals surface area contributed by atoms with Crippen LogP contribution in [0.25, 0.3) is 0 Å². The highest BCUT2D eigenvalue weighted by atomic mass is 16.1. The third kappa shape index (κ3) is 8.75. The Kier molecular flexibility index (Phi) is 9.36. The Balaban J connectivity index is 3.62. The molecule has 0 aliphatic heterocycles. The molecule has 1 unspecified atom stereocenters. The van der Waals surface area contributed by atoms with Crippen LogP contribution in [0.2, 0.25) is 0 Å². The van der Waals surface area contributed by atoms with Crippen LogP contribution in [0.15, 0.2) is 0 Å². The number of unbranched alkanes of at least 4 members (excludes halogenated alkanes) is 1. The quantitative estimate of drug-likeness (QED) is 0.638. The van der Waals surface area contributed by atoms with Gasteiger partial charge >= 0.3 is 0 Å². The standard InChI is InChI=1S/C14H29NO/c1-5-7-8-13(6-2)11-15-14(16)10-9-12(3)4/h12-13H,5-11H2,1-4H3,(H,15,16). The lowest BCUT2D eigenvalue weighted by Crippen LogP contribution is -2.29. The van der Waals surface area contributed by atoms with Crippen LogP contribution in [-0.2, 0) is 4.79 Å². The molecule has 0 aliphatic rings. The molecule has 1 amide bonds. The van der Waals surface area contributed by atoms with Crippen molar-refractivity contribution >= 4 is 5.91 Å². The van der Waals surface area contributed by atoms with Gasteiger partial charge in [-0.25, -0.2) is 0 Å². The first-order valence-electron chi connectivity index (χ1n) is 6.86. The monoisotopic (exact) mass is 227 g/mol. The highest BCUT2D eigenvalue weighted by Gasteiger charge is 2.08. The van der Waals surface area contributed by atoms with Crippen molar-refractivity contribution in [2.45, 2.75) is 66.2 Å². The first-order chi connectivity index (χ1) is 7.60. The van der Waals surface area contributed by atoms with Crippen molar-refractivity contribution in [1.82, 2.24) is 5.32 Å². The zero-order chi connectivity index (χ0) is 12.4. The van der Waals surface area contributed by atoms with Crippen LogP contribution in [-0.4, -0.2) is 12.5 Å². The molecule has 2 nitrogen and oxygen atoms in total. The van der Waals surface area contributed by atoms with Gasteiger partial charge in [-0.15, -0.1) is 0 Å². The van der Waals surface area contributed by atoms with E-state index in [1.807, 2.05) is 0 Å². The van der Waals surface area contributed by atoms with E-state index in [0.717, 1.165) is 13.0 Å². The normalized spacial score (nSPS) is 12.8. The Morgan fingerprint density at radius 2 is 1.88 bits per heavy atom. The largest absolute Gasteiger partial charge is 0.356 e. The second-order valence-electron chi connectivity index (χ2n) is 5.15. The van der Waals surface area contributed by atoms with Gasteiger partial charge in [-0.3, -0.25) is 4.79 Å². The predicted molar refractivity (Wildman–Crippen MR) is 70.4 cm³/mol. The minimum atomic E-state index is 0.226. The van der Waals surface area contributed by atoms with Gasteiger partial charge in [0.15, 0.2) is 0 Å². The van der Waals surface area contributed by atoms with E-state index < -0.39 is 0 Å². The first kappa shape index (κ1) is 15.5. The SMILES string of the molecule is CCCCC(CC)CNC(=O)CCC(C)C. The fourth-order valence-electron chi connectivity index (χ4n) is 1.71. The number of carbonyl (C=O) groups excluding carboxylic acids is 1. The molecule has 0 saturated carbocycles. The van der Waals surface area contributed by atoms with E-state index in [1.54, 1.807) is 0 Å². The van der Waals surface area contributed by atoms with Crippen LogP contribution in [0.5, 0.6) is 0 Å². The van der Waals surface area contributed by atoms with Crippen molar-refractivity contribution in [2.75, 3.05) is 6.54 Å². The zero-order valence-corrected chi connectivity index (χ0v) is 11.5. The molecule has 1 atom stereocenters. The summed E-state index contributed by atoms with van der Waals surface area (Å²) in [6, 6.07) is 0. The first-order valence-corrected chi connectivity index (χ1v) is 6.86. The average Bonchev–Trinajstić information content (AvgIpc) is 2.26. The van der Waals surface area contributed by atoms with Gasteiger partial charge in [0.05, 0.1) is 0 Å². The average molecular weight is 227 g/mol. The summed E-state index contributed by atoms with van der Waals surface area (Å²) in [4.78, 5) is 11.5. The lowest BCUT2D eigenvalue weighted by Gasteiger charge is -2.15. The Morgan fingerprint density at radius 3 is 2.38 bits per heavy atom. The number of nitrogens with one attached hydrogen (secondary N) is 1. The van der Waals surface area contributed by atoms with Gasteiger partial charge in [0.25, 0.3) is 0 Å². The van der Waals surface area contributed by atoms with E-state index in [0.29, 0.717) is 18.3 Å². The molecule has 0 radical (unpaired) electrons. The molecule has 0 aromatic carbocycles. The zero-order valence-electron chi connectivity index (χ0n) is 11.5. The van der Waals surface area contributed by atoms with E-state index in [1.165, 1.54) is 25.7 Å². The summed E-state index contributed by atoms with van der Waals surface area (Å²) in [5.41, 5.74) is 0. The second kappa shape index (κ2) is 9.68. The van der Waals surface area contributed by atoms with Crippen molar-refractivity contribution < 1.29 is 4.79 Å². The summed E-state index contributed by atoms with van der Waals surface area (Å²) in [7, 11) is 0. The summed E-state index contributed by atoms with van der Waals surface area (Å²) >= 11 is 0. The molecule has 0 aromatic heterocycles. The Morgan fingerprint density at radius 1 is 1.19 bits per heavy atom. The summed E-state index contributed by atoms with van der Waals surface area (Å²) in [5, 5.41) is 3.06.